The van der Waals surface area contributed by atoms with E-state index in [1.807, 2.05) is 0 Å². The van der Waals surface area contributed by atoms with E-state index in [4.69, 9.17) is 10.2 Å². The van der Waals surface area contributed by atoms with Gasteiger partial charge >= 0.3 is 18.0 Å². The Morgan fingerprint density at radius 2 is 1.76 bits per heavy atom. The number of carboxylic acid groups (broad SMARTS) is 2. The van der Waals surface area contributed by atoms with Gasteiger partial charge in [0.1, 0.15) is 6.04 Å². The molecule has 2 amide bonds. The van der Waals surface area contributed by atoms with Crippen molar-refractivity contribution in [3.05, 3.63) is 0 Å². The van der Waals surface area contributed by atoms with Crippen LogP contribution in [-0.2, 0) is 19.6 Å². The Balaban J connectivity index is 3.98. The van der Waals surface area contributed by atoms with Gasteiger partial charge in [-0.15, -0.1) is 0 Å². The number of carbonyl (C=O) groups is 3. The first-order chi connectivity index (χ1) is 9.61. The van der Waals surface area contributed by atoms with Gasteiger partial charge in [0, 0.05) is 19.5 Å². The minimum atomic E-state index is -3.28. The summed E-state index contributed by atoms with van der Waals surface area (Å²) in [5.74, 6) is -2.49. The van der Waals surface area contributed by atoms with Crippen LogP contribution in [0.4, 0.5) is 4.79 Å². The van der Waals surface area contributed by atoms with Gasteiger partial charge in [0.25, 0.3) is 0 Å². The number of carbonyl (C=O) groups excluding carboxylic acids is 1. The smallest absolute Gasteiger partial charge is 0.326 e. The second-order valence-corrected chi connectivity index (χ2v) is 6.08. The zero-order chi connectivity index (χ0) is 16.5. The fourth-order valence-electron chi connectivity index (χ4n) is 1.28. The van der Waals surface area contributed by atoms with Crippen molar-refractivity contribution in [2.45, 2.75) is 25.3 Å². The summed E-state index contributed by atoms with van der Waals surface area (Å²) in [5.41, 5.74) is 0. The molecule has 0 aliphatic carbocycles. The predicted molar refractivity (Wildman–Crippen MR) is 72.3 cm³/mol. The molecule has 0 fully saturated rings. The third-order valence-corrected chi connectivity index (χ3v) is 2.98. The first kappa shape index (κ1) is 19.1. The summed E-state index contributed by atoms with van der Waals surface area (Å²) in [6, 6.07) is -2.05. The number of hydrogen-bond donors (Lipinski definition) is 5. The Labute approximate surface area is 122 Å². The van der Waals surface area contributed by atoms with Crippen molar-refractivity contribution in [2.75, 3.05) is 19.3 Å². The van der Waals surface area contributed by atoms with Gasteiger partial charge in [-0.1, -0.05) is 0 Å². The van der Waals surface area contributed by atoms with Gasteiger partial charge in [-0.2, -0.15) is 0 Å². The third kappa shape index (κ3) is 11.6. The predicted octanol–water partition coefficient (Wildman–Crippen LogP) is -1.46. The van der Waals surface area contributed by atoms with Crippen LogP contribution in [0.2, 0.25) is 0 Å². The molecule has 122 valence electrons. The maximum atomic E-state index is 11.4. The quantitative estimate of drug-likeness (QED) is 0.307. The molecule has 1 atom stereocenters. The third-order valence-electron chi connectivity index (χ3n) is 2.25. The van der Waals surface area contributed by atoms with Gasteiger partial charge in [-0.3, -0.25) is 4.79 Å². The minimum Gasteiger partial charge on any atom is -0.481 e. The van der Waals surface area contributed by atoms with E-state index < -0.39 is 34.0 Å². The van der Waals surface area contributed by atoms with E-state index >= 15 is 0 Å². The van der Waals surface area contributed by atoms with Gasteiger partial charge in [-0.05, 0) is 12.8 Å². The summed E-state index contributed by atoms with van der Waals surface area (Å²) >= 11 is 0. The second-order valence-electron chi connectivity index (χ2n) is 4.24. The average molecular weight is 325 g/mol. The molecule has 0 saturated heterocycles. The number of amides is 2. The highest BCUT2D eigenvalue weighted by molar-refractivity contribution is 7.88. The lowest BCUT2D eigenvalue weighted by Gasteiger charge is -2.14. The van der Waals surface area contributed by atoms with Gasteiger partial charge in [0.2, 0.25) is 10.0 Å². The molecular formula is C10H19N3O7S. The van der Waals surface area contributed by atoms with Crippen LogP contribution in [0.1, 0.15) is 19.3 Å². The molecule has 0 heterocycles. The Hall–Kier alpha value is -1.88. The molecule has 0 aromatic heterocycles. The molecule has 21 heavy (non-hydrogen) atoms. The molecule has 0 radical (unpaired) electrons. The molecule has 0 aliphatic rings. The van der Waals surface area contributed by atoms with E-state index in [2.05, 4.69) is 15.4 Å². The summed E-state index contributed by atoms with van der Waals surface area (Å²) in [4.78, 5) is 32.6. The molecule has 5 N–H and O–H groups in total. The molecule has 0 aliphatic heterocycles. The van der Waals surface area contributed by atoms with Crippen molar-refractivity contribution in [1.82, 2.24) is 15.4 Å². The van der Waals surface area contributed by atoms with Crippen LogP contribution < -0.4 is 15.4 Å². The summed E-state index contributed by atoms with van der Waals surface area (Å²) in [6.07, 6.45) is 0.726. The van der Waals surface area contributed by atoms with E-state index in [-0.39, 0.29) is 25.9 Å². The second kappa shape index (κ2) is 9.13. The summed E-state index contributed by atoms with van der Waals surface area (Å²) < 4.78 is 23.7. The maximum Gasteiger partial charge on any atom is 0.326 e. The molecule has 0 bridgehead atoms. The molecule has 0 saturated carbocycles. The van der Waals surface area contributed by atoms with Crippen LogP contribution in [0.15, 0.2) is 0 Å². The standard InChI is InChI=1S/C10H19N3O7S/c1-21(19,20)12-6-2-5-11-10(18)13-7(9(16)17)3-4-8(14)15/h7,12H,2-6H2,1H3,(H,14,15)(H,16,17)(H2,11,13,18). The average Bonchev–Trinajstić information content (AvgIpc) is 2.31. The monoisotopic (exact) mass is 325 g/mol. The van der Waals surface area contributed by atoms with Crippen LogP contribution in [0.5, 0.6) is 0 Å². The molecular weight excluding hydrogens is 306 g/mol. The van der Waals surface area contributed by atoms with Crippen molar-refractivity contribution in [1.29, 1.82) is 0 Å². The number of nitrogens with one attached hydrogen (secondary N) is 3. The van der Waals surface area contributed by atoms with Crippen LogP contribution >= 0.6 is 0 Å². The highest BCUT2D eigenvalue weighted by Gasteiger charge is 2.20. The summed E-state index contributed by atoms with van der Waals surface area (Å²) in [7, 11) is -3.28. The zero-order valence-electron chi connectivity index (χ0n) is 11.5. The largest absolute Gasteiger partial charge is 0.481 e. The topological polar surface area (TPSA) is 162 Å². The van der Waals surface area contributed by atoms with E-state index in [1.165, 1.54) is 0 Å². The lowest BCUT2D eigenvalue weighted by atomic mass is 10.1. The van der Waals surface area contributed by atoms with Crippen molar-refractivity contribution in [2.24, 2.45) is 0 Å². The van der Waals surface area contributed by atoms with E-state index in [0.717, 1.165) is 6.26 Å². The number of urea groups is 1. The van der Waals surface area contributed by atoms with Crippen molar-refractivity contribution in [3.63, 3.8) is 0 Å². The molecule has 0 rings (SSSR count). The van der Waals surface area contributed by atoms with Crippen molar-refractivity contribution >= 4 is 28.0 Å². The number of aliphatic carboxylic acids is 2. The van der Waals surface area contributed by atoms with E-state index in [1.54, 1.807) is 0 Å². The highest BCUT2D eigenvalue weighted by atomic mass is 32.2. The first-order valence-corrected chi connectivity index (χ1v) is 7.94. The SMILES string of the molecule is CS(=O)(=O)NCCCNC(=O)NC(CCC(=O)O)C(=O)O. The highest BCUT2D eigenvalue weighted by Crippen LogP contribution is 1.97. The molecule has 0 spiro atoms. The first-order valence-electron chi connectivity index (χ1n) is 6.05. The van der Waals surface area contributed by atoms with Gasteiger partial charge < -0.3 is 20.8 Å². The van der Waals surface area contributed by atoms with Gasteiger partial charge in [-0.25, -0.2) is 22.7 Å². The van der Waals surface area contributed by atoms with Crippen molar-refractivity contribution < 1.29 is 33.0 Å². The van der Waals surface area contributed by atoms with Crippen LogP contribution in [0.3, 0.4) is 0 Å². The lowest BCUT2D eigenvalue weighted by molar-refractivity contribution is -0.140. The Morgan fingerprint density at radius 1 is 1.14 bits per heavy atom. The summed E-state index contributed by atoms with van der Waals surface area (Å²) in [5, 5.41) is 21.8. The van der Waals surface area contributed by atoms with E-state index in [0.29, 0.717) is 6.42 Å². The lowest BCUT2D eigenvalue weighted by Crippen LogP contribution is -2.46. The Kier molecular flexibility index (Phi) is 8.31. The van der Waals surface area contributed by atoms with Gasteiger partial charge in [0.05, 0.1) is 6.26 Å². The van der Waals surface area contributed by atoms with Crippen molar-refractivity contribution in [3.8, 4) is 0 Å². The van der Waals surface area contributed by atoms with Gasteiger partial charge in [0.15, 0.2) is 0 Å². The minimum absolute atomic E-state index is 0.139. The van der Waals surface area contributed by atoms with Crippen LogP contribution in [0, 0.1) is 0 Å². The number of hydrogen-bond acceptors (Lipinski definition) is 5. The number of rotatable bonds is 10. The number of sulfonamides is 1. The molecule has 10 nitrogen and oxygen atoms in total. The molecule has 0 aromatic carbocycles. The fraction of sp³-hybridized carbons (Fsp3) is 0.700. The number of carboxylic acids is 2. The Bertz CT molecular complexity index is 477. The van der Waals surface area contributed by atoms with Crippen LogP contribution in [0.25, 0.3) is 0 Å². The Morgan fingerprint density at radius 3 is 2.24 bits per heavy atom. The molecule has 11 heteroatoms. The maximum absolute atomic E-state index is 11.4. The van der Waals surface area contributed by atoms with E-state index in [9.17, 15) is 22.8 Å². The zero-order valence-corrected chi connectivity index (χ0v) is 12.3. The molecule has 1 unspecified atom stereocenters. The molecule has 0 aromatic rings. The van der Waals surface area contributed by atoms with Crippen LogP contribution in [-0.4, -0.2) is 62.0 Å². The fourth-order valence-corrected chi connectivity index (χ4v) is 1.80. The summed E-state index contributed by atoms with van der Waals surface area (Å²) in [6.45, 7) is 0.278. The normalized spacial score (nSPS) is 12.4.